The van der Waals surface area contributed by atoms with E-state index < -0.39 is 5.82 Å². The lowest BCUT2D eigenvalue weighted by Crippen LogP contribution is -1.92. The molecule has 0 fully saturated rings. The SMILES string of the molecule is CCOc1cc(/C=C(/C#N)c2cccc(F)c2)ccc1O. The first-order valence-corrected chi connectivity index (χ1v) is 6.47. The molecule has 0 radical (unpaired) electrons. The molecule has 2 aromatic carbocycles. The van der Waals surface area contributed by atoms with Crippen LogP contribution in [0.15, 0.2) is 42.5 Å². The van der Waals surface area contributed by atoms with Gasteiger partial charge in [-0.05, 0) is 48.4 Å². The van der Waals surface area contributed by atoms with Gasteiger partial charge in [0.1, 0.15) is 5.82 Å². The molecule has 0 heterocycles. The Bertz CT molecular complexity index is 717. The summed E-state index contributed by atoms with van der Waals surface area (Å²) in [6.07, 6.45) is 1.62. The van der Waals surface area contributed by atoms with Gasteiger partial charge in [0, 0.05) is 0 Å². The molecule has 0 aliphatic heterocycles. The zero-order chi connectivity index (χ0) is 15.2. The fraction of sp³-hybridized carbons (Fsp3) is 0.118. The van der Waals surface area contributed by atoms with Crippen molar-refractivity contribution in [3.8, 4) is 17.6 Å². The fourth-order valence-corrected chi connectivity index (χ4v) is 1.89. The van der Waals surface area contributed by atoms with Crippen molar-refractivity contribution in [2.45, 2.75) is 6.92 Å². The molecule has 0 atom stereocenters. The minimum Gasteiger partial charge on any atom is -0.504 e. The Hall–Kier alpha value is -2.80. The van der Waals surface area contributed by atoms with Crippen LogP contribution in [0.5, 0.6) is 11.5 Å². The van der Waals surface area contributed by atoms with Gasteiger partial charge in [0.25, 0.3) is 0 Å². The molecule has 1 N–H and O–H groups in total. The van der Waals surface area contributed by atoms with Crippen LogP contribution in [0.4, 0.5) is 4.39 Å². The number of ether oxygens (including phenoxy) is 1. The van der Waals surface area contributed by atoms with Crippen LogP contribution in [-0.4, -0.2) is 11.7 Å². The number of nitriles is 1. The van der Waals surface area contributed by atoms with Gasteiger partial charge >= 0.3 is 0 Å². The lowest BCUT2D eigenvalue weighted by molar-refractivity contribution is 0.318. The molecule has 2 aromatic rings. The summed E-state index contributed by atoms with van der Waals surface area (Å²) in [6, 6.07) is 12.7. The number of nitrogens with zero attached hydrogens (tertiary/aromatic N) is 1. The van der Waals surface area contributed by atoms with Gasteiger partial charge < -0.3 is 9.84 Å². The fourth-order valence-electron chi connectivity index (χ4n) is 1.89. The van der Waals surface area contributed by atoms with Crippen molar-refractivity contribution in [2.24, 2.45) is 0 Å². The molecule has 0 unspecified atom stereocenters. The highest BCUT2D eigenvalue weighted by molar-refractivity contribution is 5.89. The molecule has 21 heavy (non-hydrogen) atoms. The van der Waals surface area contributed by atoms with E-state index in [4.69, 9.17) is 4.74 Å². The molecule has 106 valence electrons. The number of phenols is 1. The highest BCUT2D eigenvalue weighted by atomic mass is 19.1. The Morgan fingerprint density at radius 2 is 2.14 bits per heavy atom. The molecular weight excluding hydrogens is 269 g/mol. The van der Waals surface area contributed by atoms with E-state index in [1.54, 1.807) is 30.3 Å². The van der Waals surface area contributed by atoms with E-state index in [2.05, 4.69) is 6.07 Å². The molecule has 3 nitrogen and oxygen atoms in total. The van der Waals surface area contributed by atoms with Gasteiger partial charge in [0.15, 0.2) is 11.5 Å². The van der Waals surface area contributed by atoms with E-state index in [9.17, 15) is 14.8 Å². The first-order chi connectivity index (χ1) is 10.1. The molecular formula is C17H14FNO2. The van der Waals surface area contributed by atoms with E-state index in [0.717, 1.165) is 0 Å². The first kappa shape index (κ1) is 14.6. The Morgan fingerprint density at radius 3 is 2.81 bits per heavy atom. The van der Waals surface area contributed by atoms with Gasteiger partial charge in [0.05, 0.1) is 18.2 Å². The van der Waals surface area contributed by atoms with Gasteiger partial charge in [-0.25, -0.2) is 4.39 Å². The lowest BCUT2D eigenvalue weighted by Gasteiger charge is -2.07. The highest BCUT2D eigenvalue weighted by Crippen LogP contribution is 2.28. The maximum atomic E-state index is 13.2. The smallest absolute Gasteiger partial charge is 0.161 e. The summed E-state index contributed by atoms with van der Waals surface area (Å²) in [6.45, 7) is 2.24. The largest absolute Gasteiger partial charge is 0.504 e. The van der Waals surface area contributed by atoms with Gasteiger partial charge in [-0.2, -0.15) is 5.26 Å². The minimum atomic E-state index is -0.394. The number of allylic oxidation sites excluding steroid dienone is 1. The number of phenolic OH excluding ortho intramolecular Hbond substituents is 1. The van der Waals surface area contributed by atoms with Crippen LogP contribution in [0.2, 0.25) is 0 Å². The van der Waals surface area contributed by atoms with Gasteiger partial charge in [-0.3, -0.25) is 0 Å². The maximum Gasteiger partial charge on any atom is 0.161 e. The third kappa shape index (κ3) is 3.61. The number of benzene rings is 2. The van der Waals surface area contributed by atoms with Crippen LogP contribution in [0.25, 0.3) is 11.6 Å². The third-order valence-corrected chi connectivity index (χ3v) is 2.85. The van der Waals surface area contributed by atoms with E-state index in [1.807, 2.05) is 6.92 Å². The van der Waals surface area contributed by atoms with Crippen molar-refractivity contribution >= 4 is 11.6 Å². The van der Waals surface area contributed by atoms with Crippen LogP contribution in [0.3, 0.4) is 0 Å². The second kappa shape index (κ2) is 6.58. The second-order valence-electron chi connectivity index (χ2n) is 4.34. The monoisotopic (exact) mass is 283 g/mol. The normalized spacial score (nSPS) is 11.0. The maximum absolute atomic E-state index is 13.2. The van der Waals surface area contributed by atoms with Gasteiger partial charge in [-0.15, -0.1) is 0 Å². The molecule has 2 rings (SSSR count). The van der Waals surface area contributed by atoms with Crippen LogP contribution in [0, 0.1) is 17.1 Å². The molecule has 0 aromatic heterocycles. The second-order valence-corrected chi connectivity index (χ2v) is 4.34. The summed E-state index contributed by atoms with van der Waals surface area (Å²) in [5.41, 5.74) is 1.53. The summed E-state index contributed by atoms with van der Waals surface area (Å²) in [7, 11) is 0. The van der Waals surface area contributed by atoms with Crippen LogP contribution < -0.4 is 4.74 Å². The summed E-state index contributed by atoms with van der Waals surface area (Å²) in [4.78, 5) is 0. The summed E-state index contributed by atoms with van der Waals surface area (Å²) >= 11 is 0. The molecule has 0 saturated carbocycles. The van der Waals surface area contributed by atoms with Crippen molar-refractivity contribution in [1.82, 2.24) is 0 Å². The molecule has 0 saturated heterocycles. The Kier molecular flexibility index (Phi) is 4.57. The summed E-state index contributed by atoms with van der Waals surface area (Å²) < 4.78 is 18.5. The Labute approximate surface area is 122 Å². The average Bonchev–Trinajstić information content (AvgIpc) is 2.48. The van der Waals surface area contributed by atoms with E-state index in [-0.39, 0.29) is 5.75 Å². The van der Waals surface area contributed by atoms with Crippen LogP contribution in [-0.2, 0) is 0 Å². The van der Waals surface area contributed by atoms with E-state index in [1.165, 1.54) is 18.2 Å². The van der Waals surface area contributed by atoms with Gasteiger partial charge in [0.2, 0.25) is 0 Å². The number of rotatable bonds is 4. The van der Waals surface area contributed by atoms with Gasteiger partial charge in [-0.1, -0.05) is 18.2 Å². The predicted octanol–water partition coefficient (Wildman–Crippen LogP) is 3.99. The highest BCUT2D eigenvalue weighted by Gasteiger charge is 2.05. The average molecular weight is 283 g/mol. The number of hydrogen-bond acceptors (Lipinski definition) is 3. The number of halogens is 1. The quantitative estimate of drug-likeness (QED) is 0.681. The van der Waals surface area contributed by atoms with Crippen molar-refractivity contribution in [1.29, 1.82) is 5.26 Å². The third-order valence-electron chi connectivity index (χ3n) is 2.85. The standard InChI is InChI=1S/C17H14FNO2/c1-2-21-17-9-12(6-7-16(17)20)8-14(11-19)13-4-3-5-15(18)10-13/h3-10,20H,2H2,1H3/b14-8-. The van der Waals surface area contributed by atoms with Crippen LogP contribution in [0.1, 0.15) is 18.1 Å². The molecule has 0 bridgehead atoms. The molecule has 0 aliphatic rings. The van der Waals surface area contributed by atoms with E-state index >= 15 is 0 Å². The molecule has 0 amide bonds. The molecule has 0 spiro atoms. The van der Waals surface area contributed by atoms with Crippen molar-refractivity contribution in [3.05, 3.63) is 59.4 Å². The van der Waals surface area contributed by atoms with E-state index in [0.29, 0.717) is 29.1 Å². The topological polar surface area (TPSA) is 53.2 Å². The molecule has 0 aliphatic carbocycles. The lowest BCUT2D eigenvalue weighted by atomic mass is 10.0. The summed E-state index contributed by atoms with van der Waals surface area (Å²) in [5.74, 6) is -0.00425. The molecule has 4 heteroatoms. The zero-order valence-electron chi connectivity index (χ0n) is 11.5. The number of hydrogen-bond donors (Lipinski definition) is 1. The van der Waals surface area contributed by atoms with Crippen molar-refractivity contribution in [3.63, 3.8) is 0 Å². The minimum absolute atomic E-state index is 0.0401. The number of aromatic hydroxyl groups is 1. The Morgan fingerprint density at radius 1 is 1.33 bits per heavy atom. The zero-order valence-corrected chi connectivity index (χ0v) is 11.5. The first-order valence-electron chi connectivity index (χ1n) is 6.47. The van der Waals surface area contributed by atoms with Crippen LogP contribution >= 0.6 is 0 Å². The van der Waals surface area contributed by atoms with Crippen molar-refractivity contribution < 1.29 is 14.2 Å². The van der Waals surface area contributed by atoms with Crippen molar-refractivity contribution in [2.75, 3.05) is 6.61 Å². The Balaban J connectivity index is 2.41. The summed E-state index contributed by atoms with van der Waals surface area (Å²) in [5, 5.41) is 18.9. The predicted molar refractivity (Wildman–Crippen MR) is 79.2 cm³/mol.